The summed E-state index contributed by atoms with van der Waals surface area (Å²) in [6.45, 7) is 0. The minimum absolute atomic E-state index is 0.0389. The van der Waals surface area contributed by atoms with Crippen LogP contribution < -0.4 is 4.74 Å². The van der Waals surface area contributed by atoms with Gasteiger partial charge in [-0.2, -0.15) is 0 Å². The Bertz CT molecular complexity index is 2570. The maximum atomic E-state index is 14.1. The first-order valence-electron chi connectivity index (χ1n) is 21.6. The second kappa shape index (κ2) is 21.0. The highest BCUT2D eigenvalue weighted by Crippen LogP contribution is 2.57. The van der Waals surface area contributed by atoms with E-state index in [2.05, 4.69) is 0 Å². The van der Waals surface area contributed by atoms with Gasteiger partial charge in [-0.25, -0.2) is 0 Å². The Labute approximate surface area is 378 Å². The highest BCUT2D eigenvalue weighted by molar-refractivity contribution is 6.11. The lowest BCUT2D eigenvalue weighted by atomic mass is 9.66. The summed E-state index contributed by atoms with van der Waals surface area (Å²) >= 11 is 0. The molecule has 1 aliphatic heterocycles. The van der Waals surface area contributed by atoms with E-state index in [0.29, 0.717) is 36.8 Å². The summed E-state index contributed by atoms with van der Waals surface area (Å²) in [6.07, 6.45) is 7.49. The maximum Gasteiger partial charge on any atom is 0.193 e. The van der Waals surface area contributed by atoms with Crippen LogP contribution in [0.1, 0.15) is 87.4 Å². The van der Waals surface area contributed by atoms with Crippen LogP contribution in [0.25, 0.3) is 6.08 Å². The average Bonchev–Trinajstić information content (AvgIpc) is 3.30. The molecular weight excluding hydrogens is 825 g/mol. The number of phenolic OH excluding ortho intramolecular Hbond substituents is 7. The first-order valence-corrected chi connectivity index (χ1v) is 21.6. The molecule has 1 fully saturated rings. The average molecular weight is 879 g/mol. The van der Waals surface area contributed by atoms with Crippen molar-refractivity contribution in [3.8, 4) is 46.0 Å². The second-order valence-electron chi connectivity index (χ2n) is 16.6. The number of allylic oxidation sites excluding steroid dienone is 2. The summed E-state index contributed by atoms with van der Waals surface area (Å²) in [5.74, 6) is -2.79. The Morgan fingerprint density at radius 3 is 1.85 bits per heavy atom. The number of ether oxygens (including phenoxy) is 2. The number of carbonyl (C=O) groups excluding carboxylic acids is 1. The fraction of sp³-hybridized carbons (Fsp3) is 0.241. The molecular formula is C54H54O11. The molecule has 7 rings (SSSR count). The van der Waals surface area contributed by atoms with E-state index >= 15 is 0 Å². The fourth-order valence-electron chi connectivity index (χ4n) is 8.80. The van der Waals surface area contributed by atoms with Gasteiger partial charge in [-0.1, -0.05) is 78.9 Å². The summed E-state index contributed by atoms with van der Waals surface area (Å²) in [4.78, 5) is 14.1. The molecule has 0 bridgehead atoms. The summed E-state index contributed by atoms with van der Waals surface area (Å²) in [5.41, 5.74) is 3.99. The molecule has 8 N–H and O–H groups in total. The van der Waals surface area contributed by atoms with E-state index in [0.717, 1.165) is 16.7 Å². The number of ketones is 1. The SMILES string of the molecule is COc1cc(O)c([C@@H]2C[C@H](CCc3ccc(O)cc3)O[C@H](c3ccc(O)cc3)[C@H]2[C@H](/C=C/C[C@H](O)CCc2ccc(O)cc2)c2ccc(O)cc2)c(O)c1C(=O)/C=C/c1ccc(O)cc1. The third-order valence-electron chi connectivity index (χ3n) is 12.2. The first-order chi connectivity index (χ1) is 31.4. The quantitative estimate of drug-likeness (QED) is 0.0247. The number of methoxy groups -OCH3 is 1. The molecule has 0 amide bonds. The predicted molar refractivity (Wildman–Crippen MR) is 248 cm³/mol. The number of aryl methyl sites for hydroxylation is 2. The van der Waals surface area contributed by atoms with Crippen LogP contribution >= 0.6 is 0 Å². The molecule has 0 unspecified atom stereocenters. The number of phenols is 7. The van der Waals surface area contributed by atoms with Gasteiger partial charge < -0.3 is 50.3 Å². The van der Waals surface area contributed by atoms with Crippen LogP contribution in [-0.2, 0) is 17.6 Å². The normalized spacial score (nSPS) is 18.4. The lowest BCUT2D eigenvalue weighted by Gasteiger charge is -2.46. The van der Waals surface area contributed by atoms with Crippen molar-refractivity contribution in [2.45, 2.75) is 68.7 Å². The largest absolute Gasteiger partial charge is 0.508 e. The molecule has 1 saturated heterocycles. The van der Waals surface area contributed by atoms with Gasteiger partial charge in [-0.15, -0.1) is 0 Å². The molecule has 6 aromatic rings. The second-order valence-corrected chi connectivity index (χ2v) is 16.6. The number of rotatable bonds is 17. The number of hydrogen-bond donors (Lipinski definition) is 8. The number of aromatic hydroxyl groups is 7. The molecule has 11 heteroatoms. The Kier molecular flexibility index (Phi) is 14.8. The van der Waals surface area contributed by atoms with Gasteiger partial charge in [0.2, 0.25) is 0 Å². The first kappa shape index (κ1) is 45.8. The Morgan fingerprint density at radius 2 is 1.26 bits per heavy atom. The van der Waals surface area contributed by atoms with Crippen molar-refractivity contribution in [3.63, 3.8) is 0 Å². The summed E-state index contributed by atoms with van der Waals surface area (Å²) in [6, 6.07) is 34.8. The van der Waals surface area contributed by atoms with Crippen LogP contribution in [0.3, 0.4) is 0 Å². The van der Waals surface area contributed by atoms with Gasteiger partial charge >= 0.3 is 0 Å². The molecule has 11 nitrogen and oxygen atoms in total. The molecule has 6 aromatic carbocycles. The van der Waals surface area contributed by atoms with Gasteiger partial charge in [0.25, 0.3) is 0 Å². The zero-order chi connectivity index (χ0) is 46.0. The Morgan fingerprint density at radius 1 is 0.723 bits per heavy atom. The van der Waals surface area contributed by atoms with Crippen molar-refractivity contribution in [1.82, 2.24) is 0 Å². The number of aliphatic hydroxyl groups is 1. The highest BCUT2D eigenvalue weighted by atomic mass is 16.5. The van der Waals surface area contributed by atoms with Gasteiger partial charge in [0, 0.05) is 29.4 Å². The molecule has 0 radical (unpaired) electrons. The van der Waals surface area contributed by atoms with Crippen molar-refractivity contribution in [3.05, 3.63) is 185 Å². The molecule has 0 spiro atoms. The summed E-state index contributed by atoms with van der Waals surface area (Å²) < 4.78 is 12.7. The summed E-state index contributed by atoms with van der Waals surface area (Å²) in [7, 11) is 1.34. The molecule has 6 atom stereocenters. The minimum atomic E-state index is -0.739. The molecule has 336 valence electrons. The van der Waals surface area contributed by atoms with E-state index in [9.17, 15) is 45.6 Å². The van der Waals surface area contributed by atoms with Crippen molar-refractivity contribution >= 4 is 11.9 Å². The molecule has 1 aliphatic rings. The monoisotopic (exact) mass is 878 g/mol. The van der Waals surface area contributed by atoms with E-state index in [4.69, 9.17) is 9.47 Å². The van der Waals surface area contributed by atoms with Crippen LogP contribution in [-0.4, -0.2) is 66.0 Å². The van der Waals surface area contributed by atoms with Crippen LogP contribution in [0.2, 0.25) is 0 Å². The van der Waals surface area contributed by atoms with Crippen LogP contribution in [0.15, 0.2) is 146 Å². The molecule has 0 aliphatic carbocycles. The molecule has 65 heavy (non-hydrogen) atoms. The van der Waals surface area contributed by atoms with E-state index in [-0.39, 0.29) is 64.2 Å². The smallest absolute Gasteiger partial charge is 0.193 e. The zero-order valence-corrected chi connectivity index (χ0v) is 35.9. The van der Waals surface area contributed by atoms with Crippen LogP contribution in [0, 0.1) is 5.92 Å². The highest BCUT2D eigenvalue weighted by Gasteiger charge is 2.46. The van der Waals surface area contributed by atoms with E-state index in [1.807, 2.05) is 36.4 Å². The van der Waals surface area contributed by atoms with E-state index < -0.39 is 47.6 Å². The van der Waals surface area contributed by atoms with Crippen LogP contribution in [0.4, 0.5) is 0 Å². The van der Waals surface area contributed by atoms with E-state index in [1.165, 1.54) is 31.4 Å². The third-order valence-corrected chi connectivity index (χ3v) is 12.2. The number of carbonyl (C=O) groups is 1. The van der Waals surface area contributed by atoms with E-state index in [1.54, 1.807) is 91.0 Å². The maximum absolute atomic E-state index is 14.1. The van der Waals surface area contributed by atoms with Crippen LogP contribution in [0.5, 0.6) is 46.0 Å². The van der Waals surface area contributed by atoms with Crippen molar-refractivity contribution < 1.29 is 55.1 Å². The molecule has 1 heterocycles. The van der Waals surface area contributed by atoms with Gasteiger partial charge in [0.15, 0.2) is 5.78 Å². The number of benzene rings is 6. The van der Waals surface area contributed by atoms with Gasteiger partial charge in [-0.3, -0.25) is 4.79 Å². The zero-order valence-electron chi connectivity index (χ0n) is 35.9. The predicted octanol–water partition coefficient (Wildman–Crippen LogP) is 10.1. The minimum Gasteiger partial charge on any atom is -0.508 e. The third kappa shape index (κ3) is 11.5. The van der Waals surface area contributed by atoms with Gasteiger partial charge in [0.05, 0.1) is 25.4 Å². The van der Waals surface area contributed by atoms with Gasteiger partial charge in [-0.05, 0) is 133 Å². The lowest BCUT2D eigenvalue weighted by Crippen LogP contribution is -2.38. The standard InChI is InChI=1S/C54H54O11/c1-64-49-32-48(62)51(53(63)52(49)47(61)30-13-35-10-23-41(58)24-11-35)46-31-44(29-12-34-8-21-40(57)22-9-34)65-54(37-16-27-43(60)28-17-37)50(46)45(36-14-25-42(59)26-15-36)4-2-3-38(55)18-5-33-6-19-39(56)20-7-33/h2,4,6-11,13-17,19-28,30,32,38,44-46,50,54-60,62-63H,3,5,12,18,29,31H2,1H3/b4-2+,30-13+/t38-,44-,45+,46+,50-,54+/m0/s1. The Balaban J connectivity index is 1.34. The fourth-order valence-corrected chi connectivity index (χ4v) is 8.80. The molecule has 0 saturated carbocycles. The van der Waals surface area contributed by atoms with Crippen molar-refractivity contribution in [2.75, 3.05) is 7.11 Å². The van der Waals surface area contributed by atoms with Crippen molar-refractivity contribution in [2.24, 2.45) is 5.92 Å². The lowest BCUT2D eigenvalue weighted by molar-refractivity contribution is -0.103. The van der Waals surface area contributed by atoms with Crippen molar-refractivity contribution in [1.29, 1.82) is 0 Å². The number of hydrogen-bond acceptors (Lipinski definition) is 11. The topological polar surface area (TPSA) is 197 Å². The number of aliphatic hydroxyl groups excluding tert-OH is 1. The summed E-state index contributed by atoms with van der Waals surface area (Å²) in [5, 5.41) is 86.0. The molecule has 0 aromatic heterocycles. The van der Waals surface area contributed by atoms with Gasteiger partial charge in [0.1, 0.15) is 51.6 Å². The Hall–Kier alpha value is -7.21.